The van der Waals surface area contributed by atoms with Crippen molar-refractivity contribution in [3.05, 3.63) is 39.4 Å². The molecule has 0 aliphatic heterocycles. The van der Waals surface area contributed by atoms with Crippen molar-refractivity contribution in [3.63, 3.8) is 0 Å². The Labute approximate surface area is 142 Å². The minimum atomic E-state index is -3.45. The Morgan fingerprint density at radius 1 is 1.17 bits per heavy atom. The summed E-state index contributed by atoms with van der Waals surface area (Å²) in [5.74, 6) is -0.282. The first-order valence-electron chi connectivity index (χ1n) is 6.78. The summed E-state index contributed by atoms with van der Waals surface area (Å²) in [6.45, 7) is 0.246. The zero-order chi connectivity index (χ0) is 16.9. The largest absolute Gasteiger partial charge is 0.351 e. The Morgan fingerprint density at radius 2 is 1.96 bits per heavy atom. The number of rotatable bonds is 8. The second kappa shape index (κ2) is 7.82. The number of sulfonamides is 1. The van der Waals surface area contributed by atoms with Gasteiger partial charge in [-0.15, -0.1) is 22.7 Å². The van der Waals surface area contributed by atoms with Crippen molar-refractivity contribution in [3.8, 4) is 0 Å². The highest BCUT2D eigenvalue weighted by molar-refractivity contribution is 7.91. The van der Waals surface area contributed by atoms with Crippen LogP contribution in [0.1, 0.15) is 27.4 Å². The van der Waals surface area contributed by atoms with E-state index >= 15 is 0 Å². The number of hydrogen-bond donors (Lipinski definition) is 2. The molecular formula is C14H16N2O4S3. The number of thiophene rings is 2. The average molecular weight is 372 g/mol. The molecular weight excluding hydrogens is 356 g/mol. The molecule has 124 valence electrons. The van der Waals surface area contributed by atoms with Gasteiger partial charge in [-0.25, -0.2) is 13.1 Å². The molecule has 0 unspecified atom stereocenters. The van der Waals surface area contributed by atoms with Gasteiger partial charge in [-0.05, 0) is 30.6 Å². The van der Waals surface area contributed by atoms with Crippen LogP contribution >= 0.6 is 22.7 Å². The van der Waals surface area contributed by atoms with Gasteiger partial charge in [0.2, 0.25) is 15.9 Å². The molecule has 2 heterocycles. The van der Waals surface area contributed by atoms with E-state index in [4.69, 9.17) is 0 Å². The van der Waals surface area contributed by atoms with Gasteiger partial charge in [0.25, 0.3) is 0 Å². The first kappa shape index (κ1) is 17.8. The summed E-state index contributed by atoms with van der Waals surface area (Å²) in [6, 6.07) is 6.69. The van der Waals surface area contributed by atoms with E-state index in [1.54, 1.807) is 18.2 Å². The van der Waals surface area contributed by atoms with Crippen LogP contribution in [-0.4, -0.2) is 27.2 Å². The van der Waals surface area contributed by atoms with Crippen LogP contribution in [0.15, 0.2) is 33.9 Å². The summed E-state index contributed by atoms with van der Waals surface area (Å²) in [5, 5.41) is 4.51. The lowest BCUT2D eigenvalue weighted by Crippen LogP contribution is -2.22. The fourth-order valence-corrected chi connectivity index (χ4v) is 4.59. The first-order valence-corrected chi connectivity index (χ1v) is 9.96. The van der Waals surface area contributed by atoms with Crippen LogP contribution in [0, 0.1) is 0 Å². The molecule has 6 nitrogen and oxygen atoms in total. The number of carbonyl (C=O) groups excluding carboxylic acids is 2. The van der Waals surface area contributed by atoms with Gasteiger partial charge in [0.05, 0.1) is 11.4 Å². The maximum Gasteiger partial charge on any atom is 0.249 e. The minimum absolute atomic E-state index is 0.0475. The zero-order valence-electron chi connectivity index (χ0n) is 12.4. The van der Waals surface area contributed by atoms with Gasteiger partial charge in [-0.3, -0.25) is 9.59 Å². The van der Waals surface area contributed by atoms with Gasteiger partial charge in [0.15, 0.2) is 5.78 Å². The third kappa shape index (κ3) is 4.96. The van der Waals surface area contributed by atoms with Crippen molar-refractivity contribution in [2.45, 2.75) is 23.6 Å². The Bertz CT molecular complexity index is 779. The van der Waals surface area contributed by atoms with E-state index in [1.807, 2.05) is 5.38 Å². The summed E-state index contributed by atoms with van der Waals surface area (Å²) >= 11 is 2.46. The number of ketones is 1. The van der Waals surface area contributed by atoms with Crippen molar-refractivity contribution >= 4 is 44.4 Å². The standard InChI is InChI=1S/C14H16N2O4S3/c1-15-23(19,20)14-7-4-10(22-14)9-16-13(18)6-5-11(17)12-3-2-8-21-12/h2-4,7-8,15H,5-6,9H2,1H3,(H,16,18). The number of nitrogens with one attached hydrogen (secondary N) is 2. The lowest BCUT2D eigenvalue weighted by atomic mass is 10.2. The van der Waals surface area contributed by atoms with Gasteiger partial charge in [0, 0.05) is 17.7 Å². The summed E-state index contributed by atoms with van der Waals surface area (Å²) in [4.78, 5) is 24.9. The molecule has 9 heteroatoms. The molecule has 0 spiro atoms. The van der Waals surface area contributed by atoms with E-state index in [0.717, 1.165) is 16.2 Å². The zero-order valence-corrected chi connectivity index (χ0v) is 14.8. The number of Topliss-reactive ketones (excluding diaryl/α,β-unsaturated/α-hetero) is 1. The quantitative estimate of drug-likeness (QED) is 0.693. The second-order valence-corrected chi connectivity index (χ2v) is 8.83. The van der Waals surface area contributed by atoms with E-state index in [-0.39, 0.29) is 35.3 Å². The molecule has 0 aliphatic rings. The molecule has 2 rings (SSSR count). The molecule has 0 aromatic carbocycles. The molecule has 2 N–H and O–H groups in total. The van der Waals surface area contributed by atoms with Crippen molar-refractivity contribution in [1.82, 2.24) is 10.0 Å². The Morgan fingerprint density at radius 3 is 2.61 bits per heavy atom. The monoisotopic (exact) mass is 372 g/mol. The van der Waals surface area contributed by atoms with E-state index < -0.39 is 10.0 Å². The SMILES string of the molecule is CNS(=O)(=O)c1ccc(CNC(=O)CCC(=O)c2cccs2)s1. The fraction of sp³-hybridized carbons (Fsp3) is 0.286. The molecule has 0 saturated heterocycles. The van der Waals surface area contributed by atoms with Crippen molar-refractivity contribution in [1.29, 1.82) is 0 Å². The van der Waals surface area contributed by atoms with Crippen LogP contribution in [0.5, 0.6) is 0 Å². The Hall–Kier alpha value is -1.55. The highest BCUT2D eigenvalue weighted by atomic mass is 32.2. The number of carbonyl (C=O) groups is 2. The van der Waals surface area contributed by atoms with Gasteiger partial charge in [-0.2, -0.15) is 0 Å². The third-order valence-corrected chi connectivity index (χ3v) is 6.91. The molecule has 0 saturated carbocycles. The van der Waals surface area contributed by atoms with Crippen molar-refractivity contribution < 1.29 is 18.0 Å². The van der Waals surface area contributed by atoms with E-state index in [2.05, 4.69) is 10.0 Å². The second-order valence-electron chi connectivity index (χ2n) is 4.61. The van der Waals surface area contributed by atoms with Crippen LogP contribution in [0.4, 0.5) is 0 Å². The van der Waals surface area contributed by atoms with Crippen LogP contribution in [0.2, 0.25) is 0 Å². The van der Waals surface area contributed by atoms with Crippen LogP contribution in [0.3, 0.4) is 0 Å². The van der Waals surface area contributed by atoms with E-state index in [0.29, 0.717) is 4.88 Å². The average Bonchev–Trinajstić information content (AvgIpc) is 3.21. The van der Waals surface area contributed by atoms with Crippen LogP contribution < -0.4 is 10.0 Å². The normalized spacial score (nSPS) is 11.3. The molecule has 0 aliphatic carbocycles. The van der Waals surface area contributed by atoms with Gasteiger partial charge in [-0.1, -0.05) is 6.07 Å². The predicted octanol–water partition coefficient (Wildman–Crippen LogP) is 2.00. The topological polar surface area (TPSA) is 92.3 Å². The Kier molecular flexibility index (Phi) is 6.05. The third-order valence-electron chi connectivity index (χ3n) is 3.01. The summed E-state index contributed by atoms with van der Waals surface area (Å²) in [5.41, 5.74) is 0. The molecule has 23 heavy (non-hydrogen) atoms. The molecule has 0 bridgehead atoms. The highest BCUT2D eigenvalue weighted by Gasteiger charge is 2.15. The summed E-state index contributed by atoms with van der Waals surface area (Å²) < 4.78 is 25.7. The van der Waals surface area contributed by atoms with E-state index in [9.17, 15) is 18.0 Å². The lowest BCUT2D eigenvalue weighted by Gasteiger charge is -2.03. The minimum Gasteiger partial charge on any atom is -0.351 e. The van der Waals surface area contributed by atoms with Gasteiger partial charge >= 0.3 is 0 Å². The first-order chi connectivity index (χ1) is 10.9. The highest BCUT2D eigenvalue weighted by Crippen LogP contribution is 2.21. The molecule has 0 atom stereocenters. The van der Waals surface area contributed by atoms with E-state index in [1.165, 1.54) is 24.5 Å². The lowest BCUT2D eigenvalue weighted by molar-refractivity contribution is -0.121. The molecule has 0 fully saturated rings. The van der Waals surface area contributed by atoms with Gasteiger partial charge in [0.1, 0.15) is 4.21 Å². The fourth-order valence-electron chi connectivity index (χ4n) is 1.76. The van der Waals surface area contributed by atoms with Crippen molar-refractivity contribution in [2.75, 3.05) is 7.05 Å². The number of amides is 1. The maximum absolute atomic E-state index is 11.8. The van der Waals surface area contributed by atoms with Crippen LogP contribution in [0.25, 0.3) is 0 Å². The van der Waals surface area contributed by atoms with Crippen molar-refractivity contribution in [2.24, 2.45) is 0 Å². The maximum atomic E-state index is 11.8. The smallest absolute Gasteiger partial charge is 0.249 e. The predicted molar refractivity (Wildman–Crippen MR) is 90.3 cm³/mol. The Balaban J connectivity index is 1.80. The molecule has 1 amide bonds. The molecule has 2 aromatic heterocycles. The summed E-state index contributed by atoms with van der Waals surface area (Å²) in [6.07, 6.45) is 0.278. The molecule has 2 aromatic rings. The summed E-state index contributed by atoms with van der Waals surface area (Å²) in [7, 11) is -2.10. The molecule has 0 radical (unpaired) electrons. The van der Waals surface area contributed by atoms with Crippen LogP contribution in [-0.2, 0) is 21.4 Å². The number of hydrogen-bond acceptors (Lipinski definition) is 6. The van der Waals surface area contributed by atoms with Gasteiger partial charge < -0.3 is 5.32 Å².